The Balaban J connectivity index is 2.41. The highest BCUT2D eigenvalue weighted by Gasteiger charge is 2.12. The van der Waals surface area contributed by atoms with E-state index in [4.69, 9.17) is 0 Å². The molecular weight excluding hydrogens is 344 g/mol. The van der Waals surface area contributed by atoms with Crippen LogP contribution in [0.5, 0.6) is 5.75 Å². The van der Waals surface area contributed by atoms with Crippen LogP contribution >= 0.6 is 31.9 Å². The topological polar surface area (TPSA) is 20.2 Å². The second-order valence-corrected chi connectivity index (χ2v) is 5.67. The first kappa shape index (κ1) is 12.7. The summed E-state index contributed by atoms with van der Waals surface area (Å²) in [5.41, 5.74) is 2.42. The smallest absolute Gasteiger partial charge is 0.143 e. The quantitative estimate of drug-likeness (QED) is 0.797. The summed E-state index contributed by atoms with van der Waals surface area (Å²) >= 11 is 6.72. The van der Waals surface area contributed by atoms with Crippen LogP contribution in [-0.4, -0.2) is 5.11 Å². The Labute approximate surface area is 118 Å². The SMILES string of the molecule is CC(c1ccccc1)c1cc(Br)c(O)c(Br)c1. The molecule has 0 fully saturated rings. The van der Waals surface area contributed by atoms with Gasteiger partial charge in [0.15, 0.2) is 0 Å². The second-order valence-electron chi connectivity index (χ2n) is 3.97. The number of hydrogen-bond donors (Lipinski definition) is 1. The first-order valence-corrected chi connectivity index (χ1v) is 6.91. The van der Waals surface area contributed by atoms with Crippen LogP contribution in [-0.2, 0) is 0 Å². The Bertz CT molecular complexity index is 500. The summed E-state index contributed by atoms with van der Waals surface area (Å²) in [6, 6.07) is 14.2. The van der Waals surface area contributed by atoms with Crippen molar-refractivity contribution in [2.24, 2.45) is 0 Å². The number of rotatable bonds is 2. The number of hydrogen-bond acceptors (Lipinski definition) is 1. The summed E-state index contributed by atoms with van der Waals surface area (Å²) in [5, 5.41) is 9.69. The average molecular weight is 356 g/mol. The summed E-state index contributed by atoms with van der Waals surface area (Å²) in [7, 11) is 0. The Kier molecular flexibility index (Phi) is 3.89. The molecule has 0 bridgehead atoms. The van der Waals surface area contributed by atoms with Crippen molar-refractivity contribution in [2.75, 3.05) is 0 Å². The van der Waals surface area contributed by atoms with Gasteiger partial charge in [-0.2, -0.15) is 0 Å². The van der Waals surface area contributed by atoms with Crippen molar-refractivity contribution in [2.45, 2.75) is 12.8 Å². The van der Waals surface area contributed by atoms with Gasteiger partial charge >= 0.3 is 0 Å². The maximum atomic E-state index is 9.69. The fourth-order valence-electron chi connectivity index (χ4n) is 1.77. The van der Waals surface area contributed by atoms with E-state index in [1.54, 1.807) is 0 Å². The molecule has 0 aromatic heterocycles. The zero-order valence-corrected chi connectivity index (χ0v) is 12.5. The van der Waals surface area contributed by atoms with E-state index in [9.17, 15) is 5.11 Å². The molecule has 1 atom stereocenters. The Hall–Kier alpha value is -0.800. The molecule has 2 rings (SSSR count). The van der Waals surface area contributed by atoms with Gasteiger partial charge < -0.3 is 5.11 Å². The van der Waals surface area contributed by atoms with Gasteiger partial charge in [-0.3, -0.25) is 0 Å². The lowest BCUT2D eigenvalue weighted by Gasteiger charge is -2.14. The highest BCUT2D eigenvalue weighted by molar-refractivity contribution is 9.11. The van der Waals surface area contributed by atoms with E-state index in [-0.39, 0.29) is 5.75 Å². The largest absolute Gasteiger partial charge is 0.506 e. The summed E-state index contributed by atoms with van der Waals surface area (Å²) in [5.74, 6) is 0.540. The van der Waals surface area contributed by atoms with Gasteiger partial charge in [-0.25, -0.2) is 0 Å². The van der Waals surface area contributed by atoms with E-state index < -0.39 is 0 Å². The number of phenolic OH excluding ortho intramolecular Hbond substituents is 1. The van der Waals surface area contributed by atoms with Crippen LogP contribution in [0, 0.1) is 0 Å². The molecule has 0 heterocycles. The highest BCUT2D eigenvalue weighted by Crippen LogP contribution is 2.36. The van der Waals surface area contributed by atoms with Crippen LogP contribution in [0.25, 0.3) is 0 Å². The van der Waals surface area contributed by atoms with Crippen LogP contribution in [0.2, 0.25) is 0 Å². The zero-order valence-electron chi connectivity index (χ0n) is 9.32. The van der Waals surface area contributed by atoms with Crippen molar-refractivity contribution in [3.05, 3.63) is 62.5 Å². The van der Waals surface area contributed by atoms with E-state index in [1.807, 2.05) is 30.3 Å². The Morgan fingerprint density at radius 2 is 1.47 bits per heavy atom. The normalized spacial score (nSPS) is 12.4. The number of halogens is 2. The van der Waals surface area contributed by atoms with Gasteiger partial charge in [0.1, 0.15) is 5.75 Å². The number of aromatic hydroxyl groups is 1. The zero-order chi connectivity index (χ0) is 12.4. The summed E-state index contributed by atoms with van der Waals surface area (Å²) in [6.45, 7) is 2.15. The molecule has 0 radical (unpaired) electrons. The van der Waals surface area contributed by atoms with E-state index in [0.29, 0.717) is 14.9 Å². The molecule has 0 saturated carbocycles. The minimum absolute atomic E-state index is 0.244. The third-order valence-corrected chi connectivity index (χ3v) is 4.05. The first-order valence-electron chi connectivity index (χ1n) is 5.32. The molecule has 0 saturated heterocycles. The third kappa shape index (κ3) is 2.72. The second kappa shape index (κ2) is 5.23. The minimum Gasteiger partial charge on any atom is -0.506 e. The highest BCUT2D eigenvalue weighted by atomic mass is 79.9. The van der Waals surface area contributed by atoms with Crippen molar-refractivity contribution in [3.8, 4) is 5.75 Å². The van der Waals surface area contributed by atoms with E-state index in [1.165, 1.54) is 5.56 Å². The van der Waals surface area contributed by atoms with E-state index in [0.717, 1.165) is 5.56 Å². The van der Waals surface area contributed by atoms with Gasteiger partial charge in [0.05, 0.1) is 8.95 Å². The summed E-state index contributed by atoms with van der Waals surface area (Å²) in [6.07, 6.45) is 0. The maximum Gasteiger partial charge on any atom is 0.143 e. The lowest BCUT2D eigenvalue weighted by Crippen LogP contribution is -1.96. The molecule has 88 valence electrons. The molecule has 0 spiro atoms. The average Bonchev–Trinajstić information content (AvgIpc) is 2.35. The molecule has 0 aliphatic rings. The van der Waals surface area contributed by atoms with Gasteiger partial charge in [0, 0.05) is 5.92 Å². The predicted octanol–water partition coefficient (Wildman–Crippen LogP) is 5.07. The molecule has 3 heteroatoms. The summed E-state index contributed by atoms with van der Waals surface area (Å²) < 4.78 is 1.43. The van der Waals surface area contributed by atoms with Gasteiger partial charge in [0.25, 0.3) is 0 Å². The van der Waals surface area contributed by atoms with Crippen LogP contribution in [0.3, 0.4) is 0 Å². The lowest BCUT2D eigenvalue weighted by molar-refractivity contribution is 0.468. The minimum atomic E-state index is 0.244. The van der Waals surface area contributed by atoms with Gasteiger partial charge in [-0.05, 0) is 55.1 Å². The first-order chi connectivity index (χ1) is 8.09. The van der Waals surface area contributed by atoms with Crippen LogP contribution < -0.4 is 0 Å². The maximum absolute atomic E-state index is 9.69. The van der Waals surface area contributed by atoms with Crippen molar-refractivity contribution < 1.29 is 5.11 Å². The molecule has 0 amide bonds. The van der Waals surface area contributed by atoms with Crippen molar-refractivity contribution >= 4 is 31.9 Å². The number of benzene rings is 2. The fraction of sp³-hybridized carbons (Fsp3) is 0.143. The van der Waals surface area contributed by atoms with E-state index >= 15 is 0 Å². The molecule has 1 N–H and O–H groups in total. The molecule has 2 aromatic rings. The molecule has 0 aliphatic heterocycles. The molecule has 1 nitrogen and oxygen atoms in total. The molecule has 0 aliphatic carbocycles. The Morgan fingerprint density at radius 3 is 2.00 bits per heavy atom. The third-order valence-electron chi connectivity index (χ3n) is 2.84. The number of phenols is 1. The van der Waals surface area contributed by atoms with Crippen LogP contribution in [0.1, 0.15) is 24.0 Å². The molecule has 17 heavy (non-hydrogen) atoms. The Morgan fingerprint density at radius 1 is 0.941 bits per heavy atom. The van der Waals surface area contributed by atoms with Gasteiger partial charge in [0.2, 0.25) is 0 Å². The van der Waals surface area contributed by atoms with Crippen molar-refractivity contribution in [1.29, 1.82) is 0 Å². The fourth-order valence-corrected chi connectivity index (χ4v) is 2.99. The van der Waals surface area contributed by atoms with Crippen LogP contribution in [0.4, 0.5) is 0 Å². The van der Waals surface area contributed by atoms with Gasteiger partial charge in [-0.1, -0.05) is 37.3 Å². The van der Waals surface area contributed by atoms with Crippen molar-refractivity contribution in [3.63, 3.8) is 0 Å². The standard InChI is InChI=1S/C14H12Br2O/c1-9(10-5-3-2-4-6-10)11-7-12(15)14(17)13(16)8-11/h2-9,17H,1H3. The van der Waals surface area contributed by atoms with Crippen LogP contribution in [0.15, 0.2) is 51.4 Å². The predicted molar refractivity (Wildman–Crippen MR) is 77.5 cm³/mol. The van der Waals surface area contributed by atoms with Crippen molar-refractivity contribution in [1.82, 2.24) is 0 Å². The van der Waals surface area contributed by atoms with E-state index in [2.05, 4.69) is 50.9 Å². The molecule has 1 unspecified atom stereocenters. The molecular formula is C14H12Br2O. The summed E-state index contributed by atoms with van der Waals surface area (Å²) in [4.78, 5) is 0. The van der Waals surface area contributed by atoms with Gasteiger partial charge in [-0.15, -0.1) is 0 Å². The molecule has 2 aromatic carbocycles. The lowest BCUT2D eigenvalue weighted by atomic mass is 9.93. The monoisotopic (exact) mass is 354 g/mol.